The highest BCUT2D eigenvalue weighted by atomic mass is 19.2. The van der Waals surface area contributed by atoms with Crippen LogP contribution in [0.3, 0.4) is 0 Å². The Morgan fingerprint density at radius 3 is 1.86 bits per heavy atom. The van der Waals surface area contributed by atoms with E-state index in [-0.39, 0.29) is 5.56 Å². The molecule has 0 saturated heterocycles. The molecule has 146 valence electrons. The van der Waals surface area contributed by atoms with E-state index >= 15 is 0 Å². The van der Waals surface area contributed by atoms with Crippen molar-refractivity contribution < 1.29 is 22.8 Å². The molecule has 0 N–H and O–H groups in total. The lowest BCUT2D eigenvalue weighted by Gasteiger charge is -2.37. The minimum Gasteiger partial charge on any atom is -0.298 e. The fourth-order valence-corrected chi connectivity index (χ4v) is 3.27. The van der Waals surface area contributed by atoms with Crippen molar-refractivity contribution in [2.24, 2.45) is 5.41 Å². The van der Waals surface area contributed by atoms with Crippen molar-refractivity contribution in [3.63, 3.8) is 0 Å². The highest BCUT2D eigenvalue weighted by Crippen LogP contribution is 2.41. The van der Waals surface area contributed by atoms with Gasteiger partial charge >= 0.3 is 0 Å². The lowest BCUT2D eigenvalue weighted by Crippen LogP contribution is -2.53. The van der Waals surface area contributed by atoms with Gasteiger partial charge in [0.25, 0.3) is 0 Å². The Bertz CT molecular complexity index is 883. The number of fused-ring (bicyclic) bond motifs is 1. The Kier molecular flexibility index (Phi) is 6.73. The fraction of sp³-hybridized carbons (Fsp3) is 0.217. The molecule has 0 aliphatic carbocycles. The Hall–Kier alpha value is -2.95. The van der Waals surface area contributed by atoms with Crippen LogP contribution in [0.25, 0.3) is 10.8 Å². The summed E-state index contributed by atoms with van der Waals surface area (Å²) >= 11 is 0. The number of halogens is 3. The van der Waals surface area contributed by atoms with Crippen molar-refractivity contribution in [2.45, 2.75) is 24.9 Å². The summed E-state index contributed by atoms with van der Waals surface area (Å²) in [6.07, 6.45) is -6.05. The summed E-state index contributed by atoms with van der Waals surface area (Å²) in [5.41, 5.74) is -2.60. The van der Waals surface area contributed by atoms with Crippen molar-refractivity contribution in [3.8, 4) is 0 Å². The highest BCUT2D eigenvalue weighted by Gasteiger charge is 2.56. The largest absolute Gasteiger partial charge is 0.298 e. The molecule has 0 aliphatic heterocycles. The van der Waals surface area contributed by atoms with Crippen LogP contribution in [0.1, 0.15) is 16.8 Å². The third-order valence-corrected chi connectivity index (χ3v) is 4.87. The van der Waals surface area contributed by atoms with Gasteiger partial charge in [0.2, 0.25) is 0 Å². The van der Waals surface area contributed by atoms with Crippen LogP contribution < -0.4 is 0 Å². The monoisotopic (exact) mass is 386 g/mol. The van der Waals surface area contributed by atoms with Gasteiger partial charge in [0.05, 0.1) is 6.42 Å². The van der Waals surface area contributed by atoms with Gasteiger partial charge in [-0.1, -0.05) is 54.6 Å². The van der Waals surface area contributed by atoms with Gasteiger partial charge in [0.15, 0.2) is 11.6 Å². The average Bonchev–Trinajstić information content (AvgIpc) is 2.72. The zero-order chi connectivity index (χ0) is 20.9. The minimum atomic E-state index is -2.79. The maximum atomic E-state index is 14.6. The second kappa shape index (κ2) is 8.83. The van der Waals surface area contributed by atoms with Crippen LogP contribution in [0, 0.1) is 5.41 Å². The normalized spacial score (nSPS) is 16.4. The Labute approximate surface area is 162 Å². The van der Waals surface area contributed by atoms with Gasteiger partial charge in [0.1, 0.15) is 23.9 Å². The average molecular weight is 386 g/mol. The van der Waals surface area contributed by atoms with E-state index in [0.29, 0.717) is 18.2 Å². The number of hydrogen-bond donors (Lipinski definition) is 0. The van der Waals surface area contributed by atoms with Gasteiger partial charge in [-0.05, 0) is 16.8 Å². The first-order valence-corrected chi connectivity index (χ1v) is 8.68. The van der Waals surface area contributed by atoms with Crippen molar-refractivity contribution in [2.75, 3.05) is 0 Å². The van der Waals surface area contributed by atoms with Crippen molar-refractivity contribution in [1.29, 1.82) is 0 Å². The molecule has 0 heterocycles. The van der Waals surface area contributed by atoms with Crippen LogP contribution in [0.2, 0.25) is 0 Å². The summed E-state index contributed by atoms with van der Waals surface area (Å²) in [4.78, 5) is 25.4. The van der Waals surface area contributed by atoms with E-state index in [2.05, 4.69) is 19.7 Å². The van der Waals surface area contributed by atoms with Crippen LogP contribution in [-0.2, 0) is 4.79 Å². The third-order valence-electron chi connectivity index (χ3n) is 4.87. The number of carbonyl (C=O) groups excluding carboxylic acids is 2. The van der Waals surface area contributed by atoms with Crippen LogP contribution in [-0.4, -0.2) is 30.1 Å². The number of alkyl halides is 3. The second-order valence-electron chi connectivity index (χ2n) is 6.43. The number of benzene rings is 2. The maximum Gasteiger partial charge on any atom is 0.170 e. The zero-order valence-corrected chi connectivity index (χ0v) is 15.3. The van der Waals surface area contributed by atoms with Crippen LogP contribution in [0.4, 0.5) is 13.2 Å². The molecular weight excluding hydrogens is 365 g/mol. The van der Waals surface area contributed by atoms with E-state index in [4.69, 9.17) is 0 Å². The summed E-state index contributed by atoms with van der Waals surface area (Å²) in [5, 5.41) is 1.66. The third kappa shape index (κ3) is 3.70. The number of ketones is 2. The molecule has 0 radical (unpaired) electrons. The first-order valence-electron chi connectivity index (χ1n) is 8.68. The summed E-state index contributed by atoms with van der Waals surface area (Å²) in [6, 6.07) is 12.1. The van der Waals surface area contributed by atoms with Crippen LogP contribution in [0.15, 0.2) is 80.4 Å². The van der Waals surface area contributed by atoms with E-state index < -0.39 is 41.9 Å². The van der Waals surface area contributed by atoms with Gasteiger partial charge in [-0.25, -0.2) is 13.2 Å². The van der Waals surface area contributed by atoms with Crippen molar-refractivity contribution in [3.05, 3.63) is 86.0 Å². The molecule has 2 aromatic rings. The number of carbonyl (C=O) groups is 2. The molecule has 0 amide bonds. The standard InChI is InChI=1S/C23H21F3O2/c1-4-19(24)23(20(25)5-2,21(26)6-3)22(28)14-18(27)17-12-11-15-9-7-8-10-16(15)13-17/h4-13,19-21H,1-3,14H2. The molecule has 0 aliphatic rings. The Balaban J connectivity index is 2.42. The molecule has 3 unspecified atom stereocenters. The van der Waals surface area contributed by atoms with Gasteiger partial charge in [-0.3, -0.25) is 9.59 Å². The number of Topliss-reactive ketones (excluding diaryl/α,β-unsaturated/α-hetero) is 2. The maximum absolute atomic E-state index is 14.6. The molecule has 28 heavy (non-hydrogen) atoms. The first-order chi connectivity index (χ1) is 13.3. The highest BCUT2D eigenvalue weighted by molar-refractivity contribution is 6.11. The van der Waals surface area contributed by atoms with Gasteiger partial charge < -0.3 is 0 Å². The Morgan fingerprint density at radius 1 is 0.857 bits per heavy atom. The van der Waals surface area contributed by atoms with Gasteiger partial charge in [0, 0.05) is 5.56 Å². The molecule has 0 fully saturated rings. The number of hydrogen-bond acceptors (Lipinski definition) is 2. The molecule has 0 bridgehead atoms. The van der Waals surface area contributed by atoms with Crippen LogP contribution in [0.5, 0.6) is 0 Å². The lowest BCUT2D eigenvalue weighted by atomic mass is 9.69. The predicted molar refractivity (Wildman–Crippen MR) is 106 cm³/mol. The number of rotatable bonds is 10. The zero-order valence-electron chi connectivity index (χ0n) is 15.3. The fourth-order valence-electron chi connectivity index (χ4n) is 3.27. The minimum absolute atomic E-state index is 0.193. The van der Waals surface area contributed by atoms with Gasteiger partial charge in [-0.2, -0.15) is 0 Å². The van der Waals surface area contributed by atoms with E-state index in [1.54, 1.807) is 24.3 Å². The molecule has 3 atom stereocenters. The van der Waals surface area contributed by atoms with Crippen molar-refractivity contribution >= 4 is 22.3 Å². The molecule has 2 aromatic carbocycles. The molecule has 0 spiro atoms. The lowest BCUT2D eigenvalue weighted by molar-refractivity contribution is -0.138. The summed E-state index contributed by atoms with van der Waals surface area (Å²) in [5.74, 6) is -1.87. The van der Waals surface area contributed by atoms with Crippen molar-refractivity contribution in [1.82, 2.24) is 0 Å². The molecule has 0 aromatic heterocycles. The summed E-state index contributed by atoms with van der Waals surface area (Å²) < 4.78 is 43.8. The topological polar surface area (TPSA) is 34.1 Å². The molecule has 0 saturated carbocycles. The molecule has 2 nitrogen and oxygen atoms in total. The molecule has 2 rings (SSSR count). The molecular formula is C23H21F3O2. The van der Waals surface area contributed by atoms with E-state index in [1.165, 1.54) is 6.07 Å². The van der Waals surface area contributed by atoms with E-state index in [1.807, 2.05) is 12.1 Å². The molecule has 5 heteroatoms. The van der Waals surface area contributed by atoms with Gasteiger partial charge in [-0.15, -0.1) is 19.7 Å². The summed E-state index contributed by atoms with van der Waals surface area (Å²) in [7, 11) is 0. The number of allylic oxidation sites excluding steroid dienone is 3. The van der Waals surface area contributed by atoms with E-state index in [0.717, 1.165) is 10.8 Å². The predicted octanol–water partition coefficient (Wildman–Crippen LogP) is 5.54. The Morgan fingerprint density at radius 2 is 1.36 bits per heavy atom. The second-order valence-corrected chi connectivity index (χ2v) is 6.43. The SMILES string of the molecule is C=CC(F)C(C(=O)CC(=O)c1ccc2ccccc2c1)(C(F)C=C)C(F)C=C. The van der Waals surface area contributed by atoms with Crippen LogP contribution >= 0.6 is 0 Å². The first kappa shape index (κ1) is 21.4. The summed E-state index contributed by atoms with van der Waals surface area (Å²) in [6.45, 7) is 9.60. The smallest absolute Gasteiger partial charge is 0.170 e. The quantitative estimate of drug-likeness (QED) is 0.305. The van der Waals surface area contributed by atoms with E-state index in [9.17, 15) is 22.8 Å².